The van der Waals surface area contributed by atoms with E-state index in [1.165, 1.54) is 6.08 Å². The first-order valence-corrected chi connectivity index (χ1v) is 5.96. The van der Waals surface area contributed by atoms with Gasteiger partial charge in [0.1, 0.15) is 0 Å². The molecular formula is C13H17NO4. The first-order valence-electron chi connectivity index (χ1n) is 5.96. The van der Waals surface area contributed by atoms with Crippen molar-refractivity contribution in [2.24, 2.45) is 0 Å². The van der Waals surface area contributed by atoms with Gasteiger partial charge in [0.05, 0.1) is 18.1 Å². The third-order valence-electron chi connectivity index (χ3n) is 2.99. The summed E-state index contributed by atoms with van der Waals surface area (Å²) in [6.07, 6.45) is 7.29. The average molecular weight is 251 g/mol. The van der Waals surface area contributed by atoms with Gasteiger partial charge in [-0.15, -0.1) is 0 Å². The lowest BCUT2D eigenvalue weighted by Gasteiger charge is -2.31. The lowest BCUT2D eigenvalue weighted by molar-refractivity contribution is -0.119. The summed E-state index contributed by atoms with van der Waals surface area (Å²) >= 11 is 0. The molecule has 0 aromatic carbocycles. The van der Waals surface area contributed by atoms with Crippen LogP contribution < -0.4 is 5.32 Å². The summed E-state index contributed by atoms with van der Waals surface area (Å²) in [4.78, 5) is 11.6. The van der Waals surface area contributed by atoms with Crippen LogP contribution in [0.25, 0.3) is 6.08 Å². The summed E-state index contributed by atoms with van der Waals surface area (Å²) in [5.41, 5.74) is -0.00729. The van der Waals surface area contributed by atoms with Crippen LogP contribution in [0.3, 0.4) is 0 Å². The molecule has 0 atom stereocenters. The number of hydrogen-bond donors (Lipinski definition) is 2. The minimum atomic E-state index is -0.836. The van der Waals surface area contributed by atoms with Crippen LogP contribution in [0.15, 0.2) is 29.1 Å². The van der Waals surface area contributed by atoms with Crippen LogP contribution in [0, 0.1) is 0 Å². The molecular weight excluding hydrogens is 234 g/mol. The van der Waals surface area contributed by atoms with E-state index in [9.17, 15) is 9.90 Å². The maximum Gasteiger partial charge on any atom is 0.244 e. The summed E-state index contributed by atoms with van der Waals surface area (Å²) in [5, 5.41) is 12.8. The number of carbonyl (C=O) groups is 1. The molecule has 5 heteroatoms. The van der Waals surface area contributed by atoms with Crippen LogP contribution in [0.2, 0.25) is 0 Å². The second kappa shape index (κ2) is 5.84. The third-order valence-corrected chi connectivity index (χ3v) is 2.99. The van der Waals surface area contributed by atoms with Crippen molar-refractivity contribution in [3.63, 3.8) is 0 Å². The van der Waals surface area contributed by atoms with Crippen molar-refractivity contribution >= 4 is 12.0 Å². The lowest BCUT2D eigenvalue weighted by atomic mass is 9.94. The molecule has 2 heterocycles. The number of carbonyl (C=O) groups excluding carboxylic acids is 1. The van der Waals surface area contributed by atoms with Crippen molar-refractivity contribution in [2.45, 2.75) is 18.4 Å². The predicted octanol–water partition coefficient (Wildman–Crippen LogP) is 0.951. The highest BCUT2D eigenvalue weighted by Crippen LogP contribution is 2.19. The van der Waals surface area contributed by atoms with Gasteiger partial charge in [-0.05, 0) is 12.1 Å². The zero-order chi connectivity index (χ0) is 12.8. The van der Waals surface area contributed by atoms with E-state index < -0.39 is 5.60 Å². The SMILES string of the molecule is O=C(/C=C/c1ccoc1)NCC1(O)CCOCC1. The van der Waals surface area contributed by atoms with E-state index in [2.05, 4.69) is 5.32 Å². The van der Waals surface area contributed by atoms with Crippen LogP contribution >= 0.6 is 0 Å². The highest BCUT2D eigenvalue weighted by Gasteiger charge is 2.29. The molecule has 0 unspecified atom stereocenters. The van der Waals surface area contributed by atoms with E-state index in [0.717, 1.165) is 5.56 Å². The largest absolute Gasteiger partial charge is 0.472 e. The highest BCUT2D eigenvalue weighted by atomic mass is 16.5. The van der Waals surface area contributed by atoms with Crippen molar-refractivity contribution in [2.75, 3.05) is 19.8 Å². The van der Waals surface area contributed by atoms with Gasteiger partial charge in [-0.2, -0.15) is 0 Å². The Kier molecular flexibility index (Phi) is 4.17. The Balaban J connectivity index is 1.77. The molecule has 5 nitrogen and oxygen atoms in total. The summed E-state index contributed by atoms with van der Waals surface area (Å²) in [7, 11) is 0. The number of nitrogens with one attached hydrogen (secondary N) is 1. The van der Waals surface area contributed by atoms with Crippen LogP contribution in [0.1, 0.15) is 18.4 Å². The van der Waals surface area contributed by atoms with Crippen LogP contribution in [-0.4, -0.2) is 36.4 Å². The smallest absolute Gasteiger partial charge is 0.244 e. The lowest BCUT2D eigenvalue weighted by Crippen LogP contribution is -2.46. The number of hydrogen-bond acceptors (Lipinski definition) is 4. The molecule has 2 N–H and O–H groups in total. The number of furan rings is 1. The Morgan fingerprint density at radius 1 is 1.50 bits per heavy atom. The van der Waals surface area contributed by atoms with Crippen LogP contribution in [0.5, 0.6) is 0 Å². The summed E-state index contributed by atoms with van der Waals surface area (Å²) in [6, 6.07) is 1.76. The summed E-state index contributed by atoms with van der Waals surface area (Å²) < 4.78 is 10.1. The monoisotopic (exact) mass is 251 g/mol. The van der Waals surface area contributed by atoms with E-state index in [-0.39, 0.29) is 12.5 Å². The van der Waals surface area contributed by atoms with Gasteiger partial charge in [0.15, 0.2) is 0 Å². The minimum Gasteiger partial charge on any atom is -0.472 e. The molecule has 18 heavy (non-hydrogen) atoms. The van der Waals surface area contributed by atoms with Gasteiger partial charge in [0.25, 0.3) is 0 Å². The van der Waals surface area contributed by atoms with Crippen LogP contribution in [0.4, 0.5) is 0 Å². The first kappa shape index (κ1) is 12.9. The van der Waals surface area contributed by atoms with Gasteiger partial charge in [-0.1, -0.05) is 0 Å². The quantitative estimate of drug-likeness (QED) is 0.782. The number of amides is 1. The van der Waals surface area contributed by atoms with Gasteiger partial charge in [-0.25, -0.2) is 0 Å². The molecule has 0 aliphatic carbocycles. The van der Waals surface area contributed by atoms with Crippen molar-refractivity contribution in [3.05, 3.63) is 30.2 Å². The minimum absolute atomic E-state index is 0.226. The maximum atomic E-state index is 11.6. The third kappa shape index (κ3) is 3.72. The molecule has 1 saturated heterocycles. The number of ether oxygens (including phenoxy) is 1. The van der Waals surface area contributed by atoms with Gasteiger partial charge in [0, 0.05) is 44.2 Å². The molecule has 0 spiro atoms. The molecule has 1 aromatic rings. The molecule has 98 valence electrons. The number of aliphatic hydroxyl groups is 1. The van der Waals surface area contributed by atoms with Crippen molar-refractivity contribution < 1.29 is 19.1 Å². The van der Waals surface area contributed by atoms with E-state index in [0.29, 0.717) is 26.1 Å². The van der Waals surface area contributed by atoms with Gasteiger partial charge in [0.2, 0.25) is 5.91 Å². The topological polar surface area (TPSA) is 71.7 Å². The molecule has 0 radical (unpaired) electrons. The molecule has 0 bridgehead atoms. The summed E-state index contributed by atoms with van der Waals surface area (Å²) in [6.45, 7) is 1.33. The maximum absolute atomic E-state index is 11.6. The molecule has 1 aliphatic rings. The predicted molar refractivity (Wildman–Crippen MR) is 65.8 cm³/mol. The van der Waals surface area contributed by atoms with E-state index in [4.69, 9.17) is 9.15 Å². The Morgan fingerprint density at radius 3 is 2.94 bits per heavy atom. The van der Waals surface area contributed by atoms with Gasteiger partial charge >= 0.3 is 0 Å². The fraction of sp³-hybridized carbons (Fsp3) is 0.462. The zero-order valence-corrected chi connectivity index (χ0v) is 10.1. The second-order valence-electron chi connectivity index (χ2n) is 4.44. The zero-order valence-electron chi connectivity index (χ0n) is 10.1. The average Bonchev–Trinajstić information content (AvgIpc) is 2.88. The van der Waals surface area contributed by atoms with Crippen molar-refractivity contribution in [1.82, 2.24) is 5.32 Å². The second-order valence-corrected chi connectivity index (χ2v) is 4.44. The van der Waals surface area contributed by atoms with E-state index in [1.54, 1.807) is 24.7 Å². The molecule has 1 fully saturated rings. The fourth-order valence-electron chi connectivity index (χ4n) is 1.78. The summed E-state index contributed by atoms with van der Waals surface area (Å²) in [5.74, 6) is -0.226. The molecule has 1 aromatic heterocycles. The molecule has 1 aliphatic heterocycles. The fourth-order valence-corrected chi connectivity index (χ4v) is 1.78. The standard InChI is InChI=1S/C13H17NO4/c15-12(2-1-11-3-6-18-9-11)14-10-13(16)4-7-17-8-5-13/h1-3,6,9,16H,4-5,7-8,10H2,(H,14,15)/b2-1+. The first-order chi connectivity index (χ1) is 8.68. The molecule has 0 saturated carbocycles. The van der Waals surface area contributed by atoms with Crippen molar-refractivity contribution in [3.8, 4) is 0 Å². The van der Waals surface area contributed by atoms with Crippen LogP contribution in [-0.2, 0) is 9.53 Å². The van der Waals surface area contributed by atoms with Gasteiger partial charge < -0.3 is 19.6 Å². The molecule has 2 rings (SSSR count). The Labute approximate surface area is 105 Å². The Hall–Kier alpha value is -1.59. The van der Waals surface area contributed by atoms with Gasteiger partial charge in [-0.3, -0.25) is 4.79 Å². The normalized spacial score (nSPS) is 18.9. The molecule has 1 amide bonds. The Bertz CT molecular complexity index is 405. The highest BCUT2D eigenvalue weighted by molar-refractivity contribution is 5.91. The van der Waals surface area contributed by atoms with E-state index >= 15 is 0 Å². The Morgan fingerprint density at radius 2 is 2.28 bits per heavy atom. The number of rotatable bonds is 4. The van der Waals surface area contributed by atoms with E-state index in [1.807, 2.05) is 0 Å². The van der Waals surface area contributed by atoms with Crippen molar-refractivity contribution in [1.29, 1.82) is 0 Å².